The van der Waals surface area contributed by atoms with E-state index in [0.717, 1.165) is 49.1 Å². The molecule has 0 aliphatic heterocycles. The summed E-state index contributed by atoms with van der Waals surface area (Å²) in [4.78, 5) is 10.2. The van der Waals surface area contributed by atoms with Crippen LogP contribution in [0.15, 0.2) is 59.0 Å². The Morgan fingerprint density at radius 1 is 1.00 bits per heavy atom. The molecule has 0 fully saturated rings. The third kappa shape index (κ3) is 4.00. The molecule has 5 rings (SSSR count). The molecule has 2 aromatic carbocycles. The summed E-state index contributed by atoms with van der Waals surface area (Å²) in [5.41, 5.74) is 8.87. The van der Waals surface area contributed by atoms with Crippen LogP contribution in [-0.2, 0) is 0 Å². The summed E-state index contributed by atoms with van der Waals surface area (Å²) in [6.45, 7) is 4.04. The third-order valence-corrected chi connectivity index (χ3v) is 6.47. The maximum atomic E-state index is 5.27. The predicted octanol–water partition coefficient (Wildman–Crippen LogP) is 5.65. The zero-order valence-corrected chi connectivity index (χ0v) is 19.4. The van der Waals surface area contributed by atoms with E-state index in [-0.39, 0.29) is 0 Å². The van der Waals surface area contributed by atoms with Gasteiger partial charge in [-0.3, -0.25) is 5.43 Å². The molecule has 0 aliphatic rings. The van der Waals surface area contributed by atoms with Crippen LogP contribution >= 0.6 is 22.7 Å². The Kier molecular flexibility index (Phi) is 5.42. The topological polar surface area (TPSA) is 76.7 Å². The average Bonchev–Trinajstić information content (AvgIpc) is 3.50. The van der Waals surface area contributed by atoms with E-state index in [1.54, 1.807) is 24.7 Å². The van der Waals surface area contributed by atoms with Crippen molar-refractivity contribution in [2.24, 2.45) is 5.10 Å². The Hall–Kier alpha value is -3.56. The molecule has 3 aromatic heterocycles. The van der Waals surface area contributed by atoms with Crippen LogP contribution < -0.4 is 10.2 Å². The summed E-state index contributed by atoms with van der Waals surface area (Å²) < 4.78 is 7.09. The highest BCUT2D eigenvalue weighted by atomic mass is 32.1. The van der Waals surface area contributed by atoms with Crippen LogP contribution in [-0.4, -0.2) is 32.9 Å². The number of nitrogens with one attached hydrogen (secondary N) is 1. The summed E-state index contributed by atoms with van der Waals surface area (Å²) in [6, 6.07) is 16.1. The van der Waals surface area contributed by atoms with Crippen LogP contribution in [0.5, 0.6) is 5.75 Å². The molecule has 0 unspecified atom stereocenters. The molecule has 1 N–H and O–H groups in total. The van der Waals surface area contributed by atoms with Gasteiger partial charge in [-0.1, -0.05) is 41.2 Å². The van der Waals surface area contributed by atoms with Crippen molar-refractivity contribution in [2.75, 3.05) is 12.5 Å². The highest BCUT2D eigenvalue weighted by molar-refractivity contribution is 7.16. The van der Waals surface area contributed by atoms with Crippen LogP contribution in [0.3, 0.4) is 0 Å². The molecule has 7 nitrogen and oxygen atoms in total. The SMILES string of the molecule is COc1ccc(-c2nc3sc(C)nn3c2/C=N/Nc2nc(-c3ccc(C)cc3)cs2)cc1. The van der Waals surface area contributed by atoms with Crippen molar-refractivity contribution in [3.63, 3.8) is 0 Å². The van der Waals surface area contributed by atoms with E-state index in [9.17, 15) is 0 Å². The van der Waals surface area contributed by atoms with E-state index in [4.69, 9.17) is 9.72 Å². The molecule has 9 heteroatoms. The zero-order chi connectivity index (χ0) is 22.1. The largest absolute Gasteiger partial charge is 0.497 e. The quantitative estimate of drug-likeness (QED) is 0.262. The Labute approximate surface area is 193 Å². The molecule has 3 heterocycles. The molecule has 0 radical (unpaired) electrons. The van der Waals surface area contributed by atoms with E-state index in [0.29, 0.717) is 0 Å². The third-order valence-electron chi connectivity index (χ3n) is 4.90. The minimum Gasteiger partial charge on any atom is -0.497 e. The van der Waals surface area contributed by atoms with Gasteiger partial charge in [0.05, 0.1) is 19.0 Å². The van der Waals surface area contributed by atoms with Crippen LogP contribution in [0.25, 0.3) is 27.5 Å². The lowest BCUT2D eigenvalue weighted by molar-refractivity contribution is 0.415. The number of methoxy groups -OCH3 is 1. The number of imidazole rings is 1. The van der Waals surface area contributed by atoms with Gasteiger partial charge < -0.3 is 4.74 Å². The highest BCUT2D eigenvalue weighted by Crippen LogP contribution is 2.28. The molecule has 0 bridgehead atoms. The second-order valence-corrected chi connectivity index (χ2v) is 9.18. The first-order valence-corrected chi connectivity index (χ1v) is 11.6. The van der Waals surface area contributed by atoms with Crippen molar-refractivity contribution in [2.45, 2.75) is 13.8 Å². The minimum atomic E-state index is 0.720. The minimum absolute atomic E-state index is 0.720. The van der Waals surface area contributed by atoms with Crippen molar-refractivity contribution in [3.8, 4) is 28.3 Å². The van der Waals surface area contributed by atoms with E-state index < -0.39 is 0 Å². The fourth-order valence-corrected chi connectivity index (χ4v) is 4.69. The molecule has 32 heavy (non-hydrogen) atoms. The number of anilines is 1. The Balaban J connectivity index is 1.42. The number of hydrazone groups is 1. The highest BCUT2D eigenvalue weighted by Gasteiger charge is 2.16. The zero-order valence-electron chi connectivity index (χ0n) is 17.7. The lowest BCUT2D eigenvalue weighted by Crippen LogP contribution is -1.97. The second kappa shape index (κ2) is 8.52. The number of fused-ring (bicyclic) bond motifs is 1. The predicted molar refractivity (Wildman–Crippen MR) is 131 cm³/mol. The number of benzene rings is 2. The summed E-state index contributed by atoms with van der Waals surface area (Å²) in [5.74, 6) is 0.800. The lowest BCUT2D eigenvalue weighted by atomic mass is 10.1. The number of nitrogens with zero attached hydrogens (tertiary/aromatic N) is 5. The van der Waals surface area contributed by atoms with Gasteiger partial charge in [0.2, 0.25) is 10.1 Å². The molecule has 0 saturated heterocycles. The monoisotopic (exact) mass is 460 g/mol. The van der Waals surface area contributed by atoms with Gasteiger partial charge in [-0.25, -0.2) is 14.5 Å². The number of thiazole rings is 1. The lowest BCUT2D eigenvalue weighted by Gasteiger charge is -2.02. The van der Waals surface area contributed by atoms with Gasteiger partial charge in [0.15, 0.2) is 0 Å². The summed E-state index contributed by atoms with van der Waals surface area (Å²) in [5, 5.41) is 12.7. The van der Waals surface area contributed by atoms with Crippen molar-refractivity contribution >= 4 is 39.0 Å². The van der Waals surface area contributed by atoms with Gasteiger partial charge in [-0.15, -0.1) is 11.3 Å². The van der Waals surface area contributed by atoms with Crippen LogP contribution in [0.1, 0.15) is 16.3 Å². The van der Waals surface area contributed by atoms with E-state index in [1.165, 1.54) is 16.9 Å². The number of ether oxygens (including phenoxy) is 1. The number of rotatable bonds is 6. The maximum Gasteiger partial charge on any atom is 0.213 e. The first-order chi connectivity index (χ1) is 15.6. The fourth-order valence-electron chi connectivity index (χ4n) is 3.27. The molecule has 5 aromatic rings. The summed E-state index contributed by atoms with van der Waals surface area (Å²) in [6.07, 6.45) is 1.74. The second-order valence-electron chi connectivity index (χ2n) is 7.16. The van der Waals surface area contributed by atoms with Crippen LogP contribution in [0.2, 0.25) is 0 Å². The number of aryl methyl sites for hydroxylation is 2. The normalized spacial score (nSPS) is 11.5. The smallest absolute Gasteiger partial charge is 0.213 e. The van der Waals surface area contributed by atoms with Crippen molar-refractivity contribution in [1.82, 2.24) is 19.6 Å². The maximum absolute atomic E-state index is 5.27. The standard InChI is InChI=1S/C23H20N6OS2/c1-14-4-6-16(7-5-14)19-13-31-22(25-19)27-24-12-20-21(17-8-10-18(30-3)11-9-17)26-23-29(20)28-15(2)32-23/h4-13H,1-3H3,(H,25,27)/b24-12+. The van der Waals surface area contributed by atoms with Gasteiger partial charge in [0.25, 0.3) is 0 Å². The van der Waals surface area contributed by atoms with Crippen LogP contribution in [0, 0.1) is 13.8 Å². The van der Waals surface area contributed by atoms with Gasteiger partial charge in [0.1, 0.15) is 22.1 Å². The fraction of sp³-hybridized carbons (Fsp3) is 0.130. The van der Waals surface area contributed by atoms with Crippen molar-refractivity contribution in [1.29, 1.82) is 0 Å². The van der Waals surface area contributed by atoms with Gasteiger partial charge in [0, 0.05) is 16.5 Å². The van der Waals surface area contributed by atoms with Gasteiger partial charge in [-0.2, -0.15) is 10.2 Å². The van der Waals surface area contributed by atoms with E-state index in [1.807, 2.05) is 41.1 Å². The molecule has 0 amide bonds. The number of hydrogen-bond donors (Lipinski definition) is 1. The Bertz CT molecular complexity index is 1400. The summed E-state index contributed by atoms with van der Waals surface area (Å²) >= 11 is 3.06. The van der Waals surface area contributed by atoms with E-state index in [2.05, 4.69) is 51.8 Å². The molecule has 0 atom stereocenters. The molecule has 0 spiro atoms. The first-order valence-electron chi connectivity index (χ1n) is 9.93. The van der Waals surface area contributed by atoms with Crippen LogP contribution in [0.4, 0.5) is 5.13 Å². The van der Waals surface area contributed by atoms with Gasteiger partial charge in [-0.05, 0) is 38.1 Å². The number of aromatic nitrogens is 4. The molecular formula is C23H20N6OS2. The van der Waals surface area contributed by atoms with Crippen molar-refractivity contribution < 1.29 is 4.74 Å². The average molecular weight is 461 g/mol. The molecule has 0 saturated carbocycles. The molecule has 160 valence electrons. The Morgan fingerprint density at radius 2 is 1.75 bits per heavy atom. The first kappa shape index (κ1) is 20.3. The van der Waals surface area contributed by atoms with E-state index >= 15 is 0 Å². The molecule has 0 aliphatic carbocycles. The van der Waals surface area contributed by atoms with Gasteiger partial charge >= 0.3 is 0 Å². The Morgan fingerprint density at radius 3 is 2.50 bits per heavy atom. The van der Waals surface area contributed by atoms with Crippen molar-refractivity contribution in [3.05, 3.63) is 70.2 Å². The molecular weight excluding hydrogens is 440 g/mol. The number of hydrogen-bond acceptors (Lipinski definition) is 8. The summed E-state index contributed by atoms with van der Waals surface area (Å²) in [7, 11) is 1.65.